The van der Waals surface area contributed by atoms with Gasteiger partial charge in [0.15, 0.2) is 0 Å². The maximum absolute atomic E-state index is 5.49. The predicted octanol–water partition coefficient (Wildman–Crippen LogP) is 2.31. The summed E-state index contributed by atoms with van der Waals surface area (Å²) in [4.78, 5) is 8.71. The summed E-state index contributed by atoms with van der Waals surface area (Å²) in [6, 6.07) is 0.579. The molecule has 18 heavy (non-hydrogen) atoms. The zero-order valence-corrected chi connectivity index (χ0v) is 11.4. The summed E-state index contributed by atoms with van der Waals surface area (Å²) in [6.07, 6.45) is 6.17. The normalized spacial score (nSPS) is 12.0. The second-order valence-corrected chi connectivity index (χ2v) is 5.29. The fourth-order valence-electron chi connectivity index (χ4n) is 1.61. The number of hydrogen-bond acceptors (Lipinski definition) is 4. The van der Waals surface area contributed by atoms with Gasteiger partial charge in [0.2, 0.25) is 0 Å². The molecule has 0 aliphatic carbocycles. The number of nitrogens with one attached hydrogen (secondary N) is 1. The van der Waals surface area contributed by atoms with Crippen molar-refractivity contribution in [2.45, 2.75) is 46.2 Å². The van der Waals surface area contributed by atoms with Gasteiger partial charge in [-0.15, -0.1) is 0 Å². The van der Waals surface area contributed by atoms with Gasteiger partial charge in [0.05, 0.1) is 5.69 Å². The lowest BCUT2D eigenvalue weighted by Crippen LogP contribution is -2.35. The van der Waals surface area contributed by atoms with Crippen molar-refractivity contribution in [3.63, 3.8) is 0 Å². The molecule has 5 nitrogen and oxygen atoms in total. The minimum Gasteiger partial charge on any atom is -0.431 e. The van der Waals surface area contributed by atoms with Crippen LogP contribution >= 0.6 is 0 Å². The molecule has 0 radical (unpaired) electrons. The number of aromatic nitrogens is 3. The molecule has 1 N–H and O–H groups in total. The molecule has 2 rings (SSSR count). The van der Waals surface area contributed by atoms with Gasteiger partial charge >= 0.3 is 6.01 Å². The molecule has 0 aliphatic heterocycles. The summed E-state index contributed by atoms with van der Waals surface area (Å²) in [5, 5.41) is 3.38. The largest absolute Gasteiger partial charge is 0.431 e. The highest BCUT2D eigenvalue weighted by Gasteiger charge is 2.12. The minimum absolute atomic E-state index is 0.0721. The first-order valence-corrected chi connectivity index (χ1v) is 6.21. The number of hydrogen-bond donors (Lipinski definition) is 1. The Morgan fingerprint density at radius 3 is 2.83 bits per heavy atom. The van der Waals surface area contributed by atoms with E-state index in [1.54, 1.807) is 12.5 Å². The molecule has 0 saturated heterocycles. The number of nitrogens with zero attached hydrogens (tertiary/aromatic N) is 3. The molecule has 0 atom stereocenters. The van der Waals surface area contributed by atoms with Crippen molar-refractivity contribution in [2.75, 3.05) is 0 Å². The van der Waals surface area contributed by atoms with Crippen molar-refractivity contribution in [1.82, 2.24) is 19.9 Å². The van der Waals surface area contributed by atoms with E-state index in [1.807, 2.05) is 10.8 Å². The Morgan fingerprint density at radius 2 is 2.17 bits per heavy atom. The molecule has 0 aromatic carbocycles. The average Bonchev–Trinajstić information content (AvgIpc) is 2.93. The highest BCUT2D eigenvalue weighted by atomic mass is 16.4. The summed E-state index contributed by atoms with van der Waals surface area (Å²) in [5.74, 6) is 0.951. The van der Waals surface area contributed by atoms with Gasteiger partial charge < -0.3 is 9.73 Å². The highest BCUT2D eigenvalue weighted by molar-refractivity contribution is 5.14. The molecule has 0 amide bonds. The molecule has 0 aliphatic rings. The highest BCUT2D eigenvalue weighted by Crippen LogP contribution is 2.12. The maximum atomic E-state index is 5.49. The smallest absolute Gasteiger partial charge is 0.307 e. The molecule has 2 aromatic rings. The van der Waals surface area contributed by atoms with Crippen molar-refractivity contribution in [1.29, 1.82) is 0 Å². The second-order valence-electron chi connectivity index (χ2n) is 5.29. The van der Waals surface area contributed by atoms with Crippen molar-refractivity contribution in [3.8, 4) is 6.01 Å². The molecular weight excluding hydrogens is 228 g/mol. The van der Waals surface area contributed by atoms with E-state index in [2.05, 4.69) is 43.0 Å². The first-order chi connectivity index (χ1) is 8.49. The first-order valence-electron chi connectivity index (χ1n) is 6.21. The van der Waals surface area contributed by atoms with E-state index in [0.717, 1.165) is 17.9 Å². The zero-order valence-electron chi connectivity index (χ0n) is 11.4. The van der Waals surface area contributed by atoms with Crippen LogP contribution in [0.1, 0.15) is 39.2 Å². The summed E-state index contributed by atoms with van der Waals surface area (Å²) >= 11 is 0. The van der Waals surface area contributed by atoms with Crippen molar-refractivity contribution in [3.05, 3.63) is 30.2 Å². The van der Waals surface area contributed by atoms with Crippen LogP contribution in [-0.2, 0) is 13.0 Å². The van der Waals surface area contributed by atoms with Crippen LogP contribution in [0.4, 0.5) is 0 Å². The maximum Gasteiger partial charge on any atom is 0.307 e. The molecule has 98 valence electrons. The lowest BCUT2D eigenvalue weighted by Gasteiger charge is -2.19. The molecule has 2 aromatic heterocycles. The van der Waals surface area contributed by atoms with Gasteiger partial charge in [-0.05, 0) is 20.8 Å². The fourth-order valence-corrected chi connectivity index (χ4v) is 1.61. The van der Waals surface area contributed by atoms with Crippen LogP contribution in [0.25, 0.3) is 6.01 Å². The molecule has 0 unspecified atom stereocenters. The molecule has 0 bridgehead atoms. The monoisotopic (exact) mass is 248 g/mol. The van der Waals surface area contributed by atoms with Crippen LogP contribution in [0.3, 0.4) is 0 Å². The molecular formula is C13H20N4O. The van der Waals surface area contributed by atoms with Gasteiger partial charge in [0.25, 0.3) is 0 Å². The third-order valence-corrected chi connectivity index (χ3v) is 2.58. The van der Waals surface area contributed by atoms with Crippen LogP contribution in [0.15, 0.2) is 23.1 Å². The van der Waals surface area contributed by atoms with Crippen molar-refractivity contribution in [2.24, 2.45) is 0 Å². The topological polar surface area (TPSA) is 55.9 Å². The summed E-state index contributed by atoms with van der Waals surface area (Å²) in [6.45, 7) is 9.13. The minimum atomic E-state index is 0.0721. The second kappa shape index (κ2) is 4.94. The average molecular weight is 248 g/mol. The predicted molar refractivity (Wildman–Crippen MR) is 69.6 cm³/mol. The zero-order chi connectivity index (χ0) is 13.2. The molecule has 0 fully saturated rings. The van der Waals surface area contributed by atoms with E-state index in [-0.39, 0.29) is 5.54 Å². The van der Waals surface area contributed by atoms with Crippen LogP contribution in [0.5, 0.6) is 0 Å². The third-order valence-electron chi connectivity index (χ3n) is 2.58. The Bertz CT molecular complexity index is 507. The van der Waals surface area contributed by atoms with Crippen LogP contribution in [0.2, 0.25) is 0 Å². The SMILES string of the molecule is CCc1nccn1-c1nc(CNC(C)(C)C)co1. The Morgan fingerprint density at radius 1 is 1.39 bits per heavy atom. The van der Waals surface area contributed by atoms with Gasteiger partial charge in [-0.25, -0.2) is 4.98 Å². The van der Waals surface area contributed by atoms with E-state index in [9.17, 15) is 0 Å². The molecule has 0 spiro atoms. The summed E-state index contributed by atoms with van der Waals surface area (Å²) in [7, 11) is 0. The number of aryl methyl sites for hydroxylation is 1. The van der Waals surface area contributed by atoms with Gasteiger partial charge in [0, 0.05) is 30.9 Å². The summed E-state index contributed by atoms with van der Waals surface area (Å²) < 4.78 is 7.36. The summed E-state index contributed by atoms with van der Waals surface area (Å²) in [5.41, 5.74) is 0.971. The quantitative estimate of drug-likeness (QED) is 0.902. The van der Waals surface area contributed by atoms with E-state index in [1.165, 1.54) is 0 Å². The number of oxazole rings is 1. The third kappa shape index (κ3) is 2.98. The Hall–Kier alpha value is -1.62. The molecule has 0 saturated carbocycles. The van der Waals surface area contributed by atoms with E-state index >= 15 is 0 Å². The van der Waals surface area contributed by atoms with Gasteiger partial charge in [0.1, 0.15) is 12.1 Å². The van der Waals surface area contributed by atoms with Crippen molar-refractivity contribution < 1.29 is 4.42 Å². The van der Waals surface area contributed by atoms with E-state index < -0.39 is 0 Å². The van der Waals surface area contributed by atoms with Crippen LogP contribution in [0, 0.1) is 0 Å². The van der Waals surface area contributed by atoms with Gasteiger partial charge in [-0.3, -0.25) is 4.57 Å². The molecule has 5 heteroatoms. The van der Waals surface area contributed by atoms with E-state index in [4.69, 9.17) is 4.42 Å². The number of imidazole rings is 1. The van der Waals surface area contributed by atoms with E-state index in [0.29, 0.717) is 12.6 Å². The van der Waals surface area contributed by atoms with Gasteiger partial charge in [-0.1, -0.05) is 6.92 Å². The molecule has 2 heterocycles. The van der Waals surface area contributed by atoms with Crippen molar-refractivity contribution >= 4 is 0 Å². The van der Waals surface area contributed by atoms with Crippen LogP contribution in [-0.4, -0.2) is 20.1 Å². The Balaban J connectivity index is 2.11. The standard InChI is InChI=1S/C13H20N4O/c1-5-11-14-6-7-17(11)12-16-10(9-18-12)8-15-13(2,3)4/h6-7,9,15H,5,8H2,1-4H3. The van der Waals surface area contributed by atoms with Gasteiger partial charge in [-0.2, -0.15) is 4.98 Å². The Labute approximate surface area is 107 Å². The van der Waals surface area contributed by atoms with Crippen LogP contribution < -0.4 is 5.32 Å². The first kappa shape index (κ1) is 12.8. The lowest BCUT2D eigenvalue weighted by atomic mass is 10.1. The fraction of sp³-hybridized carbons (Fsp3) is 0.538. The lowest BCUT2D eigenvalue weighted by molar-refractivity contribution is 0.421. The Kier molecular flexibility index (Phi) is 3.52. The number of rotatable bonds is 4.